The number of nitro benzene ring substituents is 1. The maximum Gasteiger partial charge on any atom is 0.270 e. The maximum atomic E-state index is 13.2. The van der Waals surface area contributed by atoms with E-state index in [1.807, 2.05) is 42.6 Å². The second-order valence-corrected chi connectivity index (χ2v) is 8.64. The summed E-state index contributed by atoms with van der Waals surface area (Å²) < 4.78 is 0. The highest BCUT2D eigenvalue weighted by Gasteiger charge is 2.23. The summed E-state index contributed by atoms with van der Waals surface area (Å²) in [5.74, 6) is -0.568. The Hall–Kier alpha value is -4.72. The molecule has 0 atom stereocenters. The van der Waals surface area contributed by atoms with E-state index >= 15 is 0 Å². The minimum atomic E-state index is -0.523. The monoisotopic (exact) mass is 480 g/mol. The number of aromatic nitrogens is 1. The third kappa shape index (κ3) is 4.61. The zero-order valence-electron chi connectivity index (χ0n) is 19.4. The molecule has 0 fully saturated rings. The summed E-state index contributed by atoms with van der Waals surface area (Å²) in [6, 6.07) is 22.1. The second kappa shape index (κ2) is 9.87. The van der Waals surface area contributed by atoms with E-state index in [4.69, 9.17) is 0 Å². The Morgan fingerprint density at radius 2 is 1.72 bits per heavy atom. The number of nitro groups is 1. The van der Waals surface area contributed by atoms with Crippen LogP contribution in [0.4, 0.5) is 17.1 Å². The molecule has 0 unspecified atom stereocenters. The summed E-state index contributed by atoms with van der Waals surface area (Å²) >= 11 is 0. The first-order valence-electron chi connectivity index (χ1n) is 11.7. The van der Waals surface area contributed by atoms with Gasteiger partial charge >= 0.3 is 0 Å². The minimum Gasteiger partial charge on any atom is -0.363 e. The molecule has 0 spiro atoms. The van der Waals surface area contributed by atoms with Crippen molar-refractivity contribution in [2.24, 2.45) is 0 Å². The van der Waals surface area contributed by atoms with Gasteiger partial charge in [-0.2, -0.15) is 0 Å². The Morgan fingerprint density at radius 1 is 0.944 bits per heavy atom. The van der Waals surface area contributed by atoms with Crippen LogP contribution >= 0.6 is 0 Å². The number of non-ortho nitro benzene ring substituents is 1. The number of carbonyl (C=O) groups excluding carboxylic acids is 2. The van der Waals surface area contributed by atoms with Gasteiger partial charge in [0.2, 0.25) is 0 Å². The Balaban J connectivity index is 1.38. The molecule has 3 aromatic carbocycles. The van der Waals surface area contributed by atoms with Crippen LogP contribution in [0.15, 0.2) is 85.1 Å². The van der Waals surface area contributed by atoms with Gasteiger partial charge < -0.3 is 15.2 Å². The van der Waals surface area contributed by atoms with Gasteiger partial charge in [-0.05, 0) is 66.8 Å². The Morgan fingerprint density at radius 3 is 2.47 bits per heavy atom. The van der Waals surface area contributed by atoms with Crippen molar-refractivity contribution >= 4 is 28.9 Å². The van der Waals surface area contributed by atoms with Gasteiger partial charge in [0.25, 0.3) is 17.5 Å². The van der Waals surface area contributed by atoms with Crippen LogP contribution < -0.4 is 10.2 Å². The number of nitrogens with one attached hydrogen (secondary N) is 2. The smallest absolute Gasteiger partial charge is 0.270 e. The highest BCUT2D eigenvalue weighted by Crippen LogP contribution is 2.29. The van der Waals surface area contributed by atoms with Crippen molar-refractivity contribution in [1.82, 2.24) is 4.98 Å². The van der Waals surface area contributed by atoms with Crippen molar-refractivity contribution in [3.8, 4) is 11.1 Å². The average Bonchev–Trinajstić information content (AvgIpc) is 3.28. The third-order valence-electron chi connectivity index (χ3n) is 6.34. The van der Waals surface area contributed by atoms with E-state index in [-0.39, 0.29) is 17.2 Å². The first-order chi connectivity index (χ1) is 17.5. The largest absolute Gasteiger partial charge is 0.363 e. The Kier molecular flexibility index (Phi) is 6.32. The molecule has 0 saturated carbocycles. The van der Waals surface area contributed by atoms with Gasteiger partial charge in [0.05, 0.1) is 16.2 Å². The lowest BCUT2D eigenvalue weighted by Crippen LogP contribution is -2.31. The highest BCUT2D eigenvalue weighted by molar-refractivity contribution is 6.10. The van der Waals surface area contributed by atoms with Crippen molar-refractivity contribution < 1.29 is 14.5 Å². The highest BCUT2D eigenvalue weighted by atomic mass is 16.6. The lowest BCUT2D eigenvalue weighted by atomic mass is 9.98. The number of fused-ring (bicyclic) bond motifs is 1. The van der Waals surface area contributed by atoms with Crippen molar-refractivity contribution in [2.45, 2.75) is 19.3 Å². The van der Waals surface area contributed by atoms with E-state index < -0.39 is 10.8 Å². The number of aryl methyl sites for hydroxylation is 1. The van der Waals surface area contributed by atoms with Crippen LogP contribution in [-0.2, 0) is 6.42 Å². The lowest BCUT2D eigenvalue weighted by Gasteiger charge is -2.21. The molecule has 8 heteroatoms. The molecule has 2 N–H and O–H groups in total. The SMILES string of the molecule is O=C(Nc1ccc(C(=O)N2CCCCc3[nH]ccc32)cc1)c1cc([N+](=O)[O-])ccc1-c1ccccc1. The van der Waals surface area contributed by atoms with E-state index in [2.05, 4.69) is 10.3 Å². The van der Waals surface area contributed by atoms with Crippen molar-refractivity contribution in [1.29, 1.82) is 0 Å². The number of nitrogens with zero attached hydrogens (tertiary/aromatic N) is 2. The molecule has 5 rings (SSSR count). The molecule has 0 saturated heterocycles. The molecular weight excluding hydrogens is 456 g/mol. The fourth-order valence-corrected chi connectivity index (χ4v) is 4.51. The Labute approximate surface area is 207 Å². The van der Waals surface area contributed by atoms with E-state index in [1.165, 1.54) is 12.1 Å². The van der Waals surface area contributed by atoms with E-state index in [0.29, 0.717) is 23.4 Å². The molecular formula is C28H24N4O4. The number of rotatable bonds is 5. The first kappa shape index (κ1) is 23.0. The summed E-state index contributed by atoms with van der Waals surface area (Å²) in [6.45, 7) is 0.650. The molecule has 1 aliphatic rings. The zero-order chi connectivity index (χ0) is 25.1. The number of carbonyl (C=O) groups is 2. The van der Waals surface area contributed by atoms with Crippen molar-refractivity contribution in [3.63, 3.8) is 0 Å². The van der Waals surface area contributed by atoms with Gasteiger partial charge in [-0.3, -0.25) is 19.7 Å². The van der Waals surface area contributed by atoms with Gasteiger partial charge in [-0.1, -0.05) is 30.3 Å². The van der Waals surface area contributed by atoms with E-state index in [9.17, 15) is 19.7 Å². The second-order valence-electron chi connectivity index (χ2n) is 8.64. The average molecular weight is 481 g/mol. The van der Waals surface area contributed by atoms with Crippen LogP contribution in [0.3, 0.4) is 0 Å². The van der Waals surface area contributed by atoms with Crippen molar-refractivity contribution in [2.75, 3.05) is 16.8 Å². The standard InChI is InChI=1S/C28H24N4O4/c33-27(24-18-22(32(35)36)13-14-23(24)19-6-2-1-3-7-19)30-21-11-9-20(10-12-21)28(34)31-17-5-4-8-25-26(31)15-16-29-25/h1-3,6-7,9-16,18,29H,4-5,8,17H2,(H,30,33). The number of aromatic amines is 1. The summed E-state index contributed by atoms with van der Waals surface area (Å²) in [5, 5.41) is 14.1. The van der Waals surface area contributed by atoms with E-state index in [1.54, 1.807) is 35.2 Å². The van der Waals surface area contributed by atoms with Crippen LogP contribution in [0.2, 0.25) is 0 Å². The Bertz CT molecular complexity index is 1430. The lowest BCUT2D eigenvalue weighted by molar-refractivity contribution is -0.384. The number of amides is 2. The number of H-pyrrole nitrogens is 1. The van der Waals surface area contributed by atoms with Crippen LogP contribution in [0.1, 0.15) is 39.3 Å². The molecule has 1 aromatic heterocycles. The normalized spacial score (nSPS) is 12.9. The molecule has 2 amide bonds. The van der Waals surface area contributed by atoms with Gasteiger partial charge in [0, 0.05) is 41.8 Å². The fourth-order valence-electron chi connectivity index (χ4n) is 4.51. The molecule has 0 bridgehead atoms. The molecule has 0 radical (unpaired) electrons. The van der Waals surface area contributed by atoms with Crippen LogP contribution in [-0.4, -0.2) is 28.3 Å². The molecule has 8 nitrogen and oxygen atoms in total. The molecule has 1 aliphatic heterocycles. The topological polar surface area (TPSA) is 108 Å². The summed E-state index contributed by atoms with van der Waals surface area (Å²) in [7, 11) is 0. The molecule has 180 valence electrons. The number of hydrogen-bond acceptors (Lipinski definition) is 4. The van der Waals surface area contributed by atoms with Gasteiger partial charge in [-0.25, -0.2) is 0 Å². The summed E-state index contributed by atoms with van der Waals surface area (Å²) in [6.07, 6.45) is 4.71. The van der Waals surface area contributed by atoms with Gasteiger partial charge in [-0.15, -0.1) is 0 Å². The number of benzene rings is 3. The van der Waals surface area contributed by atoms with Crippen LogP contribution in [0, 0.1) is 10.1 Å². The first-order valence-corrected chi connectivity index (χ1v) is 11.7. The van der Waals surface area contributed by atoms with E-state index in [0.717, 1.165) is 36.2 Å². The summed E-state index contributed by atoms with van der Waals surface area (Å²) in [4.78, 5) is 42.2. The predicted molar refractivity (Wildman–Crippen MR) is 138 cm³/mol. The molecule has 36 heavy (non-hydrogen) atoms. The number of hydrogen-bond donors (Lipinski definition) is 2. The molecule has 4 aromatic rings. The summed E-state index contributed by atoms with van der Waals surface area (Å²) in [5.41, 5.74) is 4.38. The molecule has 2 heterocycles. The van der Waals surface area contributed by atoms with Gasteiger partial charge in [0.15, 0.2) is 0 Å². The quantitative estimate of drug-likeness (QED) is 0.277. The predicted octanol–water partition coefficient (Wildman–Crippen LogP) is 5.83. The van der Waals surface area contributed by atoms with Crippen LogP contribution in [0.25, 0.3) is 11.1 Å². The zero-order valence-corrected chi connectivity index (χ0v) is 19.4. The number of anilines is 2. The van der Waals surface area contributed by atoms with Gasteiger partial charge in [0.1, 0.15) is 0 Å². The van der Waals surface area contributed by atoms with Crippen LogP contribution in [0.5, 0.6) is 0 Å². The molecule has 0 aliphatic carbocycles. The minimum absolute atomic E-state index is 0.0966. The maximum absolute atomic E-state index is 13.2. The van der Waals surface area contributed by atoms with Crippen molar-refractivity contribution in [3.05, 3.63) is 112 Å². The fraction of sp³-hybridized carbons (Fsp3) is 0.143. The third-order valence-corrected chi connectivity index (χ3v) is 6.34.